The minimum absolute atomic E-state index is 0.0370. The van der Waals surface area contributed by atoms with Crippen molar-refractivity contribution in [2.24, 2.45) is 0 Å². The summed E-state index contributed by atoms with van der Waals surface area (Å²) in [5, 5.41) is 7.55. The molecule has 0 aliphatic carbocycles. The molecule has 0 spiro atoms. The Kier molecular flexibility index (Phi) is 6.05. The number of thiophene rings is 1. The highest BCUT2D eigenvalue weighted by atomic mass is 32.2. The van der Waals surface area contributed by atoms with Crippen molar-refractivity contribution < 1.29 is 14.0 Å². The third kappa shape index (κ3) is 4.37. The number of hydrogen-bond acceptors (Lipinski definition) is 6. The van der Waals surface area contributed by atoms with E-state index in [1.54, 1.807) is 6.92 Å². The van der Waals surface area contributed by atoms with Gasteiger partial charge in [-0.15, -0.1) is 23.1 Å². The number of aromatic nitrogens is 2. The number of aryl methyl sites for hydroxylation is 1. The van der Waals surface area contributed by atoms with Crippen LogP contribution in [0, 0.1) is 12.7 Å². The lowest BCUT2D eigenvalue weighted by Crippen LogP contribution is -2.18. The molecule has 0 atom stereocenters. The van der Waals surface area contributed by atoms with Crippen molar-refractivity contribution >= 4 is 46.3 Å². The summed E-state index contributed by atoms with van der Waals surface area (Å²) < 4.78 is 14.2. The highest BCUT2D eigenvalue weighted by Gasteiger charge is 2.20. The minimum Gasteiger partial charge on any atom is -0.326 e. The highest BCUT2D eigenvalue weighted by Crippen LogP contribution is 2.28. The van der Waals surface area contributed by atoms with Crippen molar-refractivity contribution in [2.75, 3.05) is 16.9 Å². The molecule has 2 aromatic heterocycles. The maximum atomic E-state index is 14.2. The molecule has 0 saturated carbocycles. The first-order valence-electron chi connectivity index (χ1n) is 8.24. The number of anilines is 2. The summed E-state index contributed by atoms with van der Waals surface area (Å²) in [6.45, 7) is 3.07. The Morgan fingerprint density at radius 2 is 1.96 bits per heavy atom. The van der Waals surface area contributed by atoms with Crippen LogP contribution in [0.1, 0.15) is 23.0 Å². The molecule has 144 valence electrons. The maximum absolute atomic E-state index is 14.2. The van der Waals surface area contributed by atoms with Crippen molar-refractivity contribution in [1.29, 1.82) is 0 Å². The molecule has 2 heterocycles. The number of amides is 2. The van der Waals surface area contributed by atoms with Crippen molar-refractivity contribution in [2.45, 2.75) is 18.9 Å². The van der Waals surface area contributed by atoms with Crippen LogP contribution in [-0.2, 0) is 4.79 Å². The van der Waals surface area contributed by atoms with E-state index in [2.05, 4.69) is 20.6 Å². The second-order valence-electron chi connectivity index (χ2n) is 5.82. The van der Waals surface area contributed by atoms with Crippen LogP contribution in [0.3, 0.4) is 0 Å². The molecule has 3 aromatic rings. The molecule has 9 heteroatoms. The third-order valence-corrected chi connectivity index (χ3v) is 5.30. The van der Waals surface area contributed by atoms with Gasteiger partial charge in [0.1, 0.15) is 10.8 Å². The molecule has 2 amide bonds. The fraction of sp³-hybridized carbons (Fsp3) is 0.158. The first kappa shape index (κ1) is 20.0. The van der Waals surface area contributed by atoms with Gasteiger partial charge in [0, 0.05) is 12.6 Å². The zero-order chi connectivity index (χ0) is 20.3. The molecular formula is C19H17FN4O2S2. The number of carbonyl (C=O) groups excluding carboxylic acids is 2. The third-order valence-electron chi connectivity index (χ3n) is 3.75. The first-order valence-corrected chi connectivity index (χ1v) is 10.3. The topological polar surface area (TPSA) is 84.0 Å². The van der Waals surface area contributed by atoms with E-state index in [0.717, 1.165) is 4.88 Å². The van der Waals surface area contributed by atoms with Gasteiger partial charge in [0.2, 0.25) is 5.91 Å². The Labute approximate surface area is 169 Å². The van der Waals surface area contributed by atoms with Crippen LogP contribution < -0.4 is 10.6 Å². The van der Waals surface area contributed by atoms with E-state index < -0.39 is 11.7 Å². The Morgan fingerprint density at radius 1 is 1.18 bits per heavy atom. The van der Waals surface area contributed by atoms with Gasteiger partial charge in [-0.3, -0.25) is 9.59 Å². The monoisotopic (exact) mass is 416 g/mol. The van der Waals surface area contributed by atoms with Crippen molar-refractivity contribution in [3.63, 3.8) is 0 Å². The number of carbonyl (C=O) groups is 2. The average Bonchev–Trinajstić information content (AvgIpc) is 3.18. The van der Waals surface area contributed by atoms with Gasteiger partial charge in [0.25, 0.3) is 5.91 Å². The summed E-state index contributed by atoms with van der Waals surface area (Å²) in [4.78, 5) is 33.9. The summed E-state index contributed by atoms with van der Waals surface area (Å²) in [6, 6.07) is 7.78. The summed E-state index contributed by atoms with van der Waals surface area (Å²) in [5.41, 5.74) is 1.14. The number of nitrogens with one attached hydrogen (secondary N) is 2. The second kappa shape index (κ2) is 8.49. The largest absolute Gasteiger partial charge is 0.326 e. The average molecular weight is 417 g/mol. The van der Waals surface area contributed by atoms with Crippen LogP contribution in [0.2, 0.25) is 0 Å². The van der Waals surface area contributed by atoms with Crippen molar-refractivity contribution in [3.8, 4) is 10.7 Å². The van der Waals surface area contributed by atoms with Gasteiger partial charge >= 0.3 is 0 Å². The highest BCUT2D eigenvalue weighted by molar-refractivity contribution is 7.98. The molecule has 1 aromatic carbocycles. The Morgan fingerprint density at radius 3 is 2.61 bits per heavy atom. The second-order valence-corrected chi connectivity index (χ2v) is 7.57. The molecule has 0 radical (unpaired) electrons. The minimum atomic E-state index is -0.609. The molecule has 0 aliphatic rings. The van der Waals surface area contributed by atoms with Crippen molar-refractivity contribution in [3.05, 3.63) is 52.8 Å². The number of thioether (sulfide) groups is 1. The van der Waals surface area contributed by atoms with Crippen LogP contribution >= 0.6 is 23.1 Å². The lowest BCUT2D eigenvalue weighted by Gasteiger charge is -2.13. The molecule has 0 fully saturated rings. The molecule has 0 unspecified atom stereocenters. The normalized spacial score (nSPS) is 10.6. The van der Waals surface area contributed by atoms with Gasteiger partial charge in [-0.1, -0.05) is 6.07 Å². The van der Waals surface area contributed by atoms with Crippen LogP contribution in [-0.4, -0.2) is 28.0 Å². The van der Waals surface area contributed by atoms with Crippen LogP contribution in [0.15, 0.2) is 40.7 Å². The molecule has 28 heavy (non-hydrogen) atoms. The summed E-state index contributed by atoms with van der Waals surface area (Å²) in [7, 11) is 0. The number of hydrogen-bond donors (Lipinski definition) is 2. The standard InChI is InChI=1S/C19H17FN4O2S2/c1-10-16(19(27-3)24-17(21-10)15-5-4-8-28-15)18(26)23-14-9-12(22-11(2)25)6-7-13(14)20/h4-9H,1-3H3,(H,22,25)(H,23,26). The summed E-state index contributed by atoms with van der Waals surface area (Å²) in [5.74, 6) is -0.866. The van der Waals surface area contributed by atoms with E-state index in [1.807, 2.05) is 23.8 Å². The number of halogens is 1. The van der Waals surface area contributed by atoms with E-state index in [0.29, 0.717) is 22.2 Å². The number of nitrogens with zero attached hydrogens (tertiary/aromatic N) is 2. The lowest BCUT2D eigenvalue weighted by atomic mass is 10.2. The van der Waals surface area contributed by atoms with Crippen LogP contribution in [0.5, 0.6) is 0 Å². The van der Waals surface area contributed by atoms with E-state index in [9.17, 15) is 14.0 Å². The van der Waals surface area contributed by atoms with Gasteiger partial charge in [-0.05, 0) is 42.8 Å². The smallest absolute Gasteiger partial charge is 0.260 e. The molecule has 2 N–H and O–H groups in total. The quantitative estimate of drug-likeness (QED) is 0.470. The van der Waals surface area contributed by atoms with Crippen molar-refractivity contribution in [1.82, 2.24) is 9.97 Å². The van der Waals surface area contributed by atoms with Gasteiger partial charge in [0.05, 0.1) is 21.8 Å². The predicted octanol–water partition coefficient (Wildman–Crippen LogP) is 4.59. The zero-order valence-electron chi connectivity index (χ0n) is 15.4. The van der Waals surface area contributed by atoms with E-state index in [1.165, 1.54) is 48.2 Å². The van der Waals surface area contributed by atoms with Gasteiger partial charge < -0.3 is 10.6 Å². The summed E-state index contributed by atoms with van der Waals surface area (Å²) >= 11 is 2.83. The van der Waals surface area contributed by atoms with Crippen LogP contribution in [0.4, 0.5) is 15.8 Å². The Balaban J connectivity index is 1.94. The number of benzene rings is 1. The fourth-order valence-corrected chi connectivity index (χ4v) is 3.84. The number of rotatable bonds is 5. The van der Waals surface area contributed by atoms with Crippen LogP contribution in [0.25, 0.3) is 10.7 Å². The SMILES string of the molecule is CSc1nc(-c2cccs2)nc(C)c1C(=O)Nc1cc(NC(C)=O)ccc1F. The zero-order valence-corrected chi connectivity index (χ0v) is 17.0. The lowest BCUT2D eigenvalue weighted by molar-refractivity contribution is -0.114. The molecule has 0 bridgehead atoms. The van der Waals surface area contributed by atoms with E-state index in [4.69, 9.17) is 0 Å². The van der Waals surface area contributed by atoms with Gasteiger partial charge in [-0.2, -0.15) is 0 Å². The van der Waals surface area contributed by atoms with E-state index in [-0.39, 0.29) is 17.2 Å². The Bertz CT molecular complexity index is 1040. The van der Waals surface area contributed by atoms with Gasteiger partial charge in [0.15, 0.2) is 5.82 Å². The summed E-state index contributed by atoms with van der Waals surface area (Å²) in [6.07, 6.45) is 1.81. The van der Waals surface area contributed by atoms with E-state index >= 15 is 0 Å². The molecule has 0 saturated heterocycles. The Hall–Kier alpha value is -2.78. The predicted molar refractivity (Wildman–Crippen MR) is 111 cm³/mol. The molecule has 3 rings (SSSR count). The molecular weight excluding hydrogens is 399 g/mol. The van der Waals surface area contributed by atoms with Gasteiger partial charge in [-0.25, -0.2) is 14.4 Å². The molecule has 6 nitrogen and oxygen atoms in total. The molecule has 0 aliphatic heterocycles. The fourth-order valence-electron chi connectivity index (χ4n) is 2.56. The first-order chi connectivity index (χ1) is 13.4. The maximum Gasteiger partial charge on any atom is 0.260 e.